The smallest absolute Gasteiger partial charge is 0.187 e. The number of hydrogen-bond acceptors (Lipinski definition) is 49. The van der Waals surface area contributed by atoms with Gasteiger partial charge in [-0.3, -0.25) is 0 Å². The minimum Gasteiger partial charge on any atom is -0.394 e. The van der Waals surface area contributed by atoms with Crippen LogP contribution in [0, 0.1) is 0 Å². The third-order valence-corrected chi connectivity index (χ3v) is 20.6. The van der Waals surface area contributed by atoms with Gasteiger partial charge < -0.3 is 243 Å². The maximum Gasteiger partial charge on any atom is 0.187 e. The Bertz CT molecular complexity index is 2720. The summed E-state index contributed by atoms with van der Waals surface area (Å²) in [6, 6.07) is 0. The van der Waals surface area contributed by atoms with Crippen molar-refractivity contribution in [3.8, 4) is 0 Å². The molecule has 0 unspecified atom stereocenters. The van der Waals surface area contributed by atoms with Crippen LogP contribution >= 0.6 is 0 Å². The molecule has 49 atom stereocenters. The molecule has 0 aliphatic carbocycles. The minimum absolute atomic E-state index is 0.796. The SMILES string of the molecule is OC[C@@H](O)[C@@H]1O[C@H]2O[C@@H]3[C@@H](O)[C@H](O[C@@H]4[C@@H](O)[C@H](O[C@@H]5[C@@H](O)[C@H](O[C@@H]6[C@@H](O)[C@H](O[C@@H]7[C@@H](O)[C@H](O[C@@H]8[C@@H](O)[C@H](O[C@@H]9[C@@H](O)[C@H](O[C@@H]1[C@H]2O)O[C@H]9[C@H](O)CO)O[C@H]8[C@H](O)CO)O[C@H]7[C@H](O)CO)O[C@H]6[C@H](O)CO[C@@H]1O[C@H](CO)[C@@H](O[C@@H]2O[C@H](CO)[C@@H](O)[C@@H]2O)[C@H](O)[C@H]1O)O[C@H]5[C@H](O)CO)O[C@H]4[C@H](O)CO)O[C@H]3[C@H](O)CO. The molecule has 0 aromatic carbocycles. The van der Waals surface area contributed by atoms with Crippen LogP contribution in [0.2, 0.25) is 0 Å². The zero-order chi connectivity index (χ0) is 78.5. The zero-order valence-corrected chi connectivity index (χ0v) is 56.5. The highest BCUT2D eigenvalue weighted by atomic mass is 16.8. The summed E-state index contributed by atoms with van der Waals surface area (Å²) in [4.78, 5) is 0. The Morgan fingerprint density at radius 1 is 0.213 bits per heavy atom. The highest BCUT2D eigenvalue weighted by molar-refractivity contribution is 5.06. The van der Waals surface area contributed by atoms with E-state index >= 15 is 0 Å². The van der Waals surface area contributed by atoms with E-state index in [9.17, 15) is 148 Å². The van der Waals surface area contributed by atoms with Gasteiger partial charge in [-0.15, -0.1) is 0 Å². The van der Waals surface area contributed by atoms with Gasteiger partial charge in [-0.05, 0) is 0 Å². The van der Waals surface area contributed by atoms with E-state index in [0.717, 1.165) is 0 Å². The van der Waals surface area contributed by atoms with Crippen molar-refractivity contribution in [2.45, 2.75) is 301 Å². The van der Waals surface area contributed by atoms with Gasteiger partial charge >= 0.3 is 0 Å². The van der Waals surface area contributed by atoms with Crippen LogP contribution in [0.15, 0.2) is 0 Å². The van der Waals surface area contributed by atoms with Crippen molar-refractivity contribution in [1.82, 2.24) is 0 Å². The quantitative estimate of drug-likeness (QED) is 0.0479. The number of fused-ring (bicyclic) bond motifs is 16. The number of aliphatic hydroxyl groups is 29. The maximum absolute atomic E-state index is 12.3. The molecule has 16 bridgehead atoms. The van der Waals surface area contributed by atoms with Crippen molar-refractivity contribution in [3.63, 3.8) is 0 Å². The molecule has 11 fully saturated rings. The lowest BCUT2D eigenvalue weighted by Crippen LogP contribution is -2.61. The van der Waals surface area contributed by atoms with E-state index in [-0.39, 0.29) is 0 Å². The van der Waals surface area contributed by atoms with E-state index in [1.807, 2.05) is 0 Å². The van der Waals surface area contributed by atoms with Crippen molar-refractivity contribution in [2.24, 2.45) is 0 Å². The average Bonchev–Trinajstić information content (AvgIpc) is 1.59. The molecule has 49 nitrogen and oxygen atoms in total. The number of aliphatic hydroxyl groups excluding tert-OH is 29. The van der Waals surface area contributed by atoms with E-state index in [2.05, 4.69) is 0 Å². The summed E-state index contributed by atoms with van der Waals surface area (Å²) in [6.45, 7) is -11.2. The molecule has 0 amide bonds. The first-order valence-corrected chi connectivity index (χ1v) is 34.6. The molecule has 0 spiro atoms. The van der Waals surface area contributed by atoms with Crippen LogP contribution in [0.25, 0.3) is 0 Å². The molecule has 11 saturated heterocycles. The van der Waals surface area contributed by atoms with Crippen LogP contribution in [0.3, 0.4) is 0 Å². The normalized spacial score (nSPS) is 51.1. The summed E-state index contributed by atoms with van der Waals surface area (Å²) in [5, 5.41) is 321. The number of hydrogen-bond donors (Lipinski definition) is 29. The molecule has 11 rings (SSSR count). The third kappa shape index (κ3) is 17.3. The first kappa shape index (κ1) is 86.9. The predicted octanol–water partition coefficient (Wildman–Crippen LogP) is -21.1. The standard InChI is InChI=1S/C59H98O49/c60-1-11(69)33-42-25(81)52(92-33)102-43-27(83)54(94-34(43)12(70)2-61)104-45-29(85)56(96-36(45)14(72)4-63)106-47-31(87)58(98-38(47)16(74)6-65)108-49-32(88)59(99-40(49)18(76)10-89-50-24(80)22(78)41(20(9-68)91-50)100-51-23(79)21(77)19(8-67)90-51)107-48-30(86)57(97-39(48)17(75)7-66)105-46-28(84)55(95-37(46)15(73)5-64)103-44-26(82)53(101-42)93-35(44)13(71)3-62/h11-88H,1-10H2/t11-,12-,13-,14-,15-,16-,17-,18-,19-,20-,21-,22-,23+,24-,25-,26-,27-,28-,29-,30-,31-,32-,33+,34+,35+,36+,37+,38+,39+,40+,41-,42-,43-,44-,45-,46-,47-,48-,49-,50-,51+,52+,53+,54+,55+,56+,57+,58+,59+/m1/s1. The Balaban J connectivity index is 0.924. The average molecular weight is 1590 g/mol. The van der Waals surface area contributed by atoms with Crippen LogP contribution < -0.4 is 0 Å². The van der Waals surface area contributed by atoms with E-state index in [1.54, 1.807) is 0 Å². The zero-order valence-electron chi connectivity index (χ0n) is 56.5. The molecule has 628 valence electrons. The second-order valence-electron chi connectivity index (χ2n) is 27.6. The fourth-order valence-corrected chi connectivity index (χ4v) is 14.7. The summed E-state index contributed by atoms with van der Waals surface area (Å²) in [6.07, 6.45) is -102. The lowest BCUT2D eigenvalue weighted by molar-refractivity contribution is -0.333. The third-order valence-electron chi connectivity index (χ3n) is 20.6. The van der Waals surface area contributed by atoms with Gasteiger partial charge in [0.2, 0.25) is 0 Å². The Morgan fingerprint density at radius 3 is 0.620 bits per heavy atom. The molecular formula is C59H98O49. The van der Waals surface area contributed by atoms with Gasteiger partial charge in [-0.1, -0.05) is 0 Å². The fourth-order valence-electron chi connectivity index (χ4n) is 14.7. The summed E-state index contributed by atoms with van der Waals surface area (Å²) in [5.41, 5.74) is 0. The van der Waals surface area contributed by atoms with Crippen LogP contribution in [0.5, 0.6) is 0 Å². The molecule has 11 aliphatic rings. The monoisotopic (exact) mass is 1590 g/mol. The molecule has 0 saturated carbocycles. The second-order valence-corrected chi connectivity index (χ2v) is 27.6. The van der Waals surface area contributed by atoms with Crippen LogP contribution in [-0.2, 0) is 94.7 Å². The highest BCUT2D eigenvalue weighted by Crippen LogP contribution is 2.44. The summed E-state index contributed by atoms with van der Waals surface area (Å²) < 4.78 is 117. The summed E-state index contributed by atoms with van der Waals surface area (Å²) >= 11 is 0. The molecule has 49 heteroatoms. The van der Waals surface area contributed by atoms with E-state index < -0.39 is 367 Å². The summed E-state index contributed by atoms with van der Waals surface area (Å²) in [5.74, 6) is 0. The van der Waals surface area contributed by atoms with Crippen molar-refractivity contribution < 1.29 is 243 Å². The molecule has 108 heavy (non-hydrogen) atoms. The van der Waals surface area contributed by atoms with Gasteiger partial charge in [-0.2, -0.15) is 0 Å². The van der Waals surface area contributed by atoms with Gasteiger partial charge in [0.25, 0.3) is 0 Å². The maximum atomic E-state index is 12.3. The van der Waals surface area contributed by atoms with Crippen LogP contribution in [-0.4, -0.2) is 515 Å². The van der Waals surface area contributed by atoms with Gasteiger partial charge in [0.1, 0.15) is 238 Å². The Kier molecular flexibility index (Phi) is 29.9. The molecule has 29 N–H and O–H groups in total. The summed E-state index contributed by atoms with van der Waals surface area (Å²) in [7, 11) is 0. The number of rotatable bonds is 22. The number of ether oxygens (including phenoxy) is 20. The molecule has 0 radical (unpaired) electrons. The predicted molar refractivity (Wildman–Crippen MR) is 320 cm³/mol. The van der Waals surface area contributed by atoms with E-state index in [4.69, 9.17) is 94.7 Å². The van der Waals surface area contributed by atoms with Crippen molar-refractivity contribution in [2.75, 3.05) is 66.1 Å². The second kappa shape index (κ2) is 37.1. The Hall–Kier alpha value is -1.96. The van der Waals surface area contributed by atoms with Crippen LogP contribution in [0.1, 0.15) is 0 Å². The van der Waals surface area contributed by atoms with Gasteiger partial charge in [-0.25, -0.2) is 0 Å². The van der Waals surface area contributed by atoms with Crippen LogP contribution in [0.4, 0.5) is 0 Å². The lowest BCUT2D eigenvalue weighted by atomic mass is 9.98. The molecular weight excluding hydrogens is 1490 g/mol. The van der Waals surface area contributed by atoms with Crippen molar-refractivity contribution in [1.29, 1.82) is 0 Å². The first-order chi connectivity index (χ1) is 51.4. The largest absolute Gasteiger partial charge is 0.394 e. The fraction of sp³-hybridized carbons (Fsp3) is 1.00. The topological polar surface area (TPSA) is 771 Å². The minimum atomic E-state index is -2.40. The van der Waals surface area contributed by atoms with Crippen molar-refractivity contribution >= 4 is 0 Å². The molecule has 0 aromatic heterocycles. The Labute approximate surface area is 608 Å². The van der Waals surface area contributed by atoms with E-state index in [1.165, 1.54) is 0 Å². The first-order valence-electron chi connectivity index (χ1n) is 34.6. The van der Waals surface area contributed by atoms with Gasteiger partial charge in [0, 0.05) is 0 Å². The van der Waals surface area contributed by atoms with Gasteiger partial charge in [0.05, 0.1) is 66.1 Å². The van der Waals surface area contributed by atoms with E-state index in [0.29, 0.717) is 0 Å². The molecule has 11 heterocycles. The molecule has 0 aromatic rings. The Morgan fingerprint density at radius 2 is 0.417 bits per heavy atom. The lowest BCUT2D eigenvalue weighted by Gasteiger charge is -2.42. The van der Waals surface area contributed by atoms with Gasteiger partial charge in [0.15, 0.2) is 62.9 Å². The van der Waals surface area contributed by atoms with Crippen molar-refractivity contribution in [3.05, 3.63) is 0 Å². The highest BCUT2D eigenvalue weighted by Gasteiger charge is 2.64. The molecule has 11 aliphatic heterocycles.